The number of carboxylic acid groups (broad SMARTS) is 1. The van der Waals surface area contributed by atoms with Crippen molar-refractivity contribution in [3.63, 3.8) is 0 Å². The van der Waals surface area contributed by atoms with Crippen molar-refractivity contribution in [3.8, 4) is 33.9 Å². The third-order valence-corrected chi connectivity index (χ3v) is 4.09. The van der Waals surface area contributed by atoms with Crippen LogP contribution in [0.2, 0.25) is 0 Å². The number of alkyl halides is 6. The summed E-state index contributed by atoms with van der Waals surface area (Å²) in [6.07, 6.45) is -8.75. The first-order chi connectivity index (χ1) is 14.9. The van der Waals surface area contributed by atoms with Gasteiger partial charge >= 0.3 is 18.7 Å². The molecule has 0 aliphatic rings. The van der Waals surface area contributed by atoms with Gasteiger partial charge in [-0.3, -0.25) is 9.78 Å². The number of carbonyl (C=O) groups is 1. The van der Waals surface area contributed by atoms with Crippen LogP contribution >= 0.6 is 0 Å². The number of nitrogens with zero attached hydrogens (tertiary/aromatic N) is 1. The number of hydrogen-bond acceptors (Lipinski definition) is 4. The van der Waals surface area contributed by atoms with Crippen LogP contribution in [-0.4, -0.2) is 28.8 Å². The average Bonchev–Trinajstić information content (AvgIpc) is 2.66. The zero-order chi connectivity index (χ0) is 23.5. The summed E-state index contributed by atoms with van der Waals surface area (Å²) in [5, 5.41) is 9.22. The van der Waals surface area contributed by atoms with E-state index in [2.05, 4.69) is 14.5 Å². The van der Waals surface area contributed by atoms with Gasteiger partial charge in [0, 0.05) is 17.3 Å². The summed E-state index contributed by atoms with van der Waals surface area (Å²) in [6.45, 7) is 0. The van der Waals surface area contributed by atoms with Crippen molar-refractivity contribution in [3.05, 3.63) is 66.4 Å². The first kappa shape index (κ1) is 22.9. The summed E-state index contributed by atoms with van der Waals surface area (Å²) in [5.41, 5.74) is 1.73. The zero-order valence-corrected chi connectivity index (χ0v) is 15.9. The number of pyridine rings is 1. The lowest BCUT2D eigenvalue weighted by atomic mass is 9.99. The Bertz CT molecular complexity index is 1090. The molecule has 0 aliphatic carbocycles. The minimum Gasteiger partial charge on any atom is -0.481 e. The van der Waals surface area contributed by atoms with E-state index < -0.39 is 36.6 Å². The van der Waals surface area contributed by atoms with E-state index in [4.69, 9.17) is 0 Å². The largest absolute Gasteiger partial charge is 0.573 e. The smallest absolute Gasteiger partial charge is 0.481 e. The number of hydrogen-bond donors (Lipinski definition) is 1. The molecule has 11 heteroatoms. The van der Waals surface area contributed by atoms with Crippen molar-refractivity contribution < 1.29 is 45.7 Å². The summed E-state index contributed by atoms with van der Waals surface area (Å²) in [6, 6.07) is 11.2. The van der Waals surface area contributed by atoms with Crippen LogP contribution in [0.5, 0.6) is 11.5 Å². The first-order valence-electron chi connectivity index (χ1n) is 8.83. The highest BCUT2D eigenvalue weighted by Gasteiger charge is 2.31. The van der Waals surface area contributed by atoms with Crippen molar-refractivity contribution in [1.29, 1.82) is 0 Å². The van der Waals surface area contributed by atoms with Gasteiger partial charge in [-0.05, 0) is 53.6 Å². The average molecular weight is 457 g/mol. The maximum absolute atomic E-state index is 12.3. The molecule has 0 radical (unpaired) electrons. The lowest BCUT2D eigenvalue weighted by molar-refractivity contribution is -0.275. The van der Waals surface area contributed by atoms with Gasteiger partial charge in [0.25, 0.3) is 0 Å². The highest BCUT2D eigenvalue weighted by Crippen LogP contribution is 2.31. The molecule has 0 atom stereocenters. The maximum atomic E-state index is 12.3. The van der Waals surface area contributed by atoms with Crippen molar-refractivity contribution in [2.75, 3.05) is 0 Å². The normalized spacial score (nSPS) is 11.8. The Kier molecular flexibility index (Phi) is 6.28. The van der Waals surface area contributed by atoms with Crippen LogP contribution in [0.4, 0.5) is 26.3 Å². The molecule has 0 fully saturated rings. The molecule has 0 aliphatic heterocycles. The molecule has 0 amide bonds. The third-order valence-electron chi connectivity index (χ3n) is 4.09. The van der Waals surface area contributed by atoms with E-state index in [0.717, 1.165) is 24.3 Å². The monoisotopic (exact) mass is 457 g/mol. The van der Waals surface area contributed by atoms with E-state index in [1.165, 1.54) is 36.5 Å². The number of carboxylic acids is 1. The number of aliphatic carboxylic acids is 1. The molecule has 2 aromatic carbocycles. The summed E-state index contributed by atoms with van der Waals surface area (Å²) in [5.74, 6) is -2.03. The van der Waals surface area contributed by atoms with E-state index >= 15 is 0 Å². The Balaban J connectivity index is 1.92. The van der Waals surface area contributed by atoms with E-state index in [1.54, 1.807) is 0 Å². The fraction of sp³-hybridized carbons (Fsp3) is 0.143. The van der Waals surface area contributed by atoms with Gasteiger partial charge in [-0.25, -0.2) is 0 Å². The topological polar surface area (TPSA) is 68.7 Å². The minimum atomic E-state index is -4.85. The summed E-state index contributed by atoms with van der Waals surface area (Å²) < 4.78 is 81.5. The van der Waals surface area contributed by atoms with Gasteiger partial charge in [0.1, 0.15) is 11.5 Å². The predicted octanol–water partition coefficient (Wildman–Crippen LogP) is 5.84. The molecule has 0 unspecified atom stereocenters. The molecule has 168 valence electrons. The Hall–Kier alpha value is -3.76. The van der Waals surface area contributed by atoms with Crippen molar-refractivity contribution in [2.24, 2.45) is 0 Å². The number of ether oxygens (including phenoxy) is 2. The molecule has 3 aromatic rings. The van der Waals surface area contributed by atoms with Gasteiger partial charge in [-0.2, -0.15) is 0 Å². The SMILES string of the molecule is O=C(O)Cc1cc(-c2ccc(OC(F)(F)F)cc2)cnc1-c1ccc(OC(F)(F)F)cc1. The standard InChI is InChI=1S/C21H13F6NO4/c22-20(23,24)31-16-5-1-12(2-6-16)15-9-14(10-18(29)30)19(28-11-15)13-3-7-17(8-4-13)32-21(25,26)27/h1-9,11H,10H2,(H,29,30). The second kappa shape index (κ2) is 8.77. The first-order valence-corrected chi connectivity index (χ1v) is 8.83. The van der Waals surface area contributed by atoms with Gasteiger partial charge in [0.05, 0.1) is 12.1 Å². The van der Waals surface area contributed by atoms with Crippen molar-refractivity contribution in [1.82, 2.24) is 4.98 Å². The fourth-order valence-corrected chi connectivity index (χ4v) is 2.89. The van der Waals surface area contributed by atoms with Gasteiger partial charge < -0.3 is 14.6 Å². The van der Waals surface area contributed by atoms with E-state index in [9.17, 15) is 36.2 Å². The summed E-state index contributed by atoms with van der Waals surface area (Å²) in [7, 11) is 0. The van der Waals surface area contributed by atoms with Crippen LogP contribution in [-0.2, 0) is 11.2 Å². The molecule has 1 aromatic heterocycles. The van der Waals surface area contributed by atoms with Crippen LogP contribution in [0.15, 0.2) is 60.8 Å². The second-order valence-corrected chi connectivity index (χ2v) is 6.45. The molecule has 3 rings (SSSR count). The van der Waals surface area contributed by atoms with Crippen molar-refractivity contribution >= 4 is 5.97 Å². The fourth-order valence-electron chi connectivity index (χ4n) is 2.89. The van der Waals surface area contributed by atoms with Crippen LogP contribution in [0.3, 0.4) is 0 Å². The van der Waals surface area contributed by atoms with Crippen molar-refractivity contribution in [2.45, 2.75) is 19.1 Å². The molecule has 0 spiro atoms. The van der Waals surface area contributed by atoms with Gasteiger partial charge in [0.2, 0.25) is 0 Å². The lowest BCUT2D eigenvalue weighted by Gasteiger charge is -2.13. The second-order valence-electron chi connectivity index (χ2n) is 6.45. The molecule has 1 N–H and O–H groups in total. The van der Waals surface area contributed by atoms with Gasteiger partial charge in [-0.1, -0.05) is 12.1 Å². The quantitative estimate of drug-likeness (QED) is 0.471. The Morgan fingerprint density at radius 1 is 0.781 bits per heavy atom. The van der Waals surface area contributed by atoms with Crippen LogP contribution < -0.4 is 9.47 Å². The highest BCUT2D eigenvalue weighted by molar-refractivity contribution is 5.77. The Morgan fingerprint density at radius 2 is 1.25 bits per heavy atom. The Morgan fingerprint density at radius 3 is 1.69 bits per heavy atom. The van der Waals surface area contributed by atoms with Gasteiger partial charge in [0.15, 0.2) is 0 Å². The molecular weight excluding hydrogens is 444 g/mol. The lowest BCUT2D eigenvalue weighted by Crippen LogP contribution is -2.17. The van der Waals surface area contributed by atoms with Gasteiger partial charge in [-0.15, -0.1) is 26.3 Å². The van der Waals surface area contributed by atoms with Crippen LogP contribution in [0.25, 0.3) is 22.4 Å². The number of benzene rings is 2. The molecule has 0 bridgehead atoms. The summed E-state index contributed by atoms with van der Waals surface area (Å²) in [4.78, 5) is 15.5. The Labute approximate surface area is 176 Å². The highest BCUT2D eigenvalue weighted by atomic mass is 19.4. The molecular formula is C21H13F6NO4. The maximum Gasteiger partial charge on any atom is 0.573 e. The zero-order valence-electron chi connectivity index (χ0n) is 15.9. The van der Waals surface area contributed by atoms with Crippen LogP contribution in [0, 0.1) is 0 Å². The minimum absolute atomic E-state index is 0.228. The number of halogens is 6. The van der Waals surface area contributed by atoms with Crippen LogP contribution in [0.1, 0.15) is 5.56 Å². The molecule has 5 nitrogen and oxygen atoms in total. The van der Waals surface area contributed by atoms with E-state index in [-0.39, 0.29) is 11.3 Å². The molecule has 0 saturated heterocycles. The number of rotatable bonds is 6. The van der Waals surface area contributed by atoms with E-state index in [0.29, 0.717) is 16.7 Å². The number of aromatic nitrogens is 1. The molecule has 32 heavy (non-hydrogen) atoms. The summed E-state index contributed by atoms with van der Waals surface area (Å²) >= 11 is 0. The molecule has 0 saturated carbocycles. The molecule has 1 heterocycles. The third kappa shape index (κ3) is 6.37. The predicted molar refractivity (Wildman–Crippen MR) is 99.8 cm³/mol. The van der Waals surface area contributed by atoms with E-state index in [1.807, 2.05) is 0 Å².